The Morgan fingerprint density at radius 3 is 2.58 bits per heavy atom. The monoisotopic (exact) mass is 260 g/mol. The molecule has 1 aliphatic heterocycles. The predicted molar refractivity (Wildman–Crippen MR) is 71.3 cm³/mol. The minimum Gasteiger partial charge on any atom is -0.359 e. The number of fused-ring (bicyclic) bond motifs is 1. The lowest BCUT2D eigenvalue weighted by molar-refractivity contribution is -0.120. The summed E-state index contributed by atoms with van der Waals surface area (Å²) in [7, 11) is 1.54. The van der Waals surface area contributed by atoms with Gasteiger partial charge < -0.3 is 10.2 Å². The van der Waals surface area contributed by atoms with Crippen molar-refractivity contribution in [2.24, 2.45) is 0 Å². The molecule has 0 radical (unpaired) electrons. The van der Waals surface area contributed by atoms with Crippen molar-refractivity contribution in [3.8, 4) is 0 Å². The quantitative estimate of drug-likeness (QED) is 0.823. The summed E-state index contributed by atoms with van der Waals surface area (Å²) in [6.45, 7) is 3.96. The van der Waals surface area contributed by atoms with Gasteiger partial charge in [-0.1, -0.05) is 6.07 Å². The summed E-state index contributed by atoms with van der Waals surface area (Å²) < 4.78 is 0. The summed E-state index contributed by atoms with van der Waals surface area (Å²) >= 11 is 0. The van der Waals surface area contributed by atoms with E-state index in [0.717, 1.165) is 11.1 Å². The molecule has 0 saturated heterocycles. The largest absolute Gasteiger partial charge is 0.359 e. The normalized spacial score (nSPS) is 13.7. The van der Waals surface area contributed by atoms with Gasteiger partial charge in [-0.15, -0.1) is 0 Å². The van der Waals surface area contributed by atoms with Crippen LogP contribution in [0.5, 0.6) is 0 Å². The van der Waals surface area contributed by atoms with Gasteiger partial charge in [-0.2, -0.15) is 0 Å². The number of hydrogen-bond acceptors (Lipinski definition) is 3. The highest BCUT2D eigenvalue weighted by Crippen LogP contribution is 2.32. The average molecular weight is 260 g/mol. The van der Waals surface area contributed by atoms with Crippen LogP contribution in [-0.2, 0) is 9.59 Å². The van der Waals surface area contributed by atoms with Crippen LogP contribution in [0.3, 0.4) is 0 Å². The van der Waals surface area contributed by atoms with Gasteiger partial charge in [0, 0.05) is 20.0 Å². The highest BCUT2D eigenvalue weighted by atomic mass is 16.2. The molecule has 0 bridgehead atoms. The van der Waals surface area contributed by atoms with Crippen LogP contribution in [0.15, 0.2) is 12.1 Å². The molecule has 5 heteroatoms. The fourth-order valence-electron chi connectivity index (χ4n) is 2.35. The Morgan fingerprint density at radius 1 is 1.26 bits per heavy atom. The van der Waals surface area contributed by atoms with Gasteiger partial charge in [0.05, 0.1) is 11.3 Å². The van der Waals surface area contributed by atoms with E-state index in [9.17, 15) is 14.4 Å². The predicted octanol–water partition coefficient (Wildman–Crippen LogP) is 0.969. The number of nitrogens with zero attached hydrogens (tertiary/aromatic N) is 1. The molecule has 1 aliphatic rings. The van der Waals surface area contributed by atoms with Crippen molar-refractivity contribution in [1.82, 2.24) is 5.32 Å². The van der Waals surface area contributed by atoms with Gasteiger partial charge in [0.1, 0.15) is 0 Å². The third-order valence-corrected chi connectivity index (χ3v) is 3.26. The molecular formula is C14H16N2O3. The van der Waals surface area contributed by atoms with Crippen molar-refractivity contribution in [3.63, 3.8) is 0 Å². The molecule has 1 aromatic carbocycles. The number of aryl methyl sites for hydroxylation is 2. The fraction of sp³-hybridized carbons (Fsp3) is 0.357. The SMILES string of the molecule is CNC(=O)CCN1C(=O)C(=O)c2c(C)cc(C)cc21. The summed E-state index contributed by atoms with van der Waals surface area (Å²) in [5.41, 5.74) is 2.88. The van der Waals surface area contributed by atoms with E-state index in [-0.39, 0.29) is 18.9 Å². The van der Waals surface area contributed by atoms with E-state index < -0.39 is 11.7 Å². The number of ketones is 1. The fourth-order valence-corrected chi connectivity index (χ4v) is 2.35. The molecule has 19 heavy (non-hydrogen) atoms. The highest BCUT2D eigenvalue weighted by molar-refractivity contribution is 6.52. The Kier molecular flexibility index (Phi) is 3.38. The van der Waals surface area contributed by atoms with Crippen molar-refractivity contribution in [3.05, 3.63) is 28.8 Å². The Morgan fingerprint density at radius 2 is 1.95 bits per heavy atom. The van der Waals surface area contributed by atoms with Gasteiger partial charge in [0.25, 0.3) is 11.7 Å². The maximum absolute atomic E-state index is 12.0. The van der Waals surface area contributed by atoms with Crippen molar-refractivity contribution < 1.29 is 14.4 Å². The zero-order chi connectivity index (χ0) is 14.2. The summed E-state index contributed by atoms with van der Waals surface area (Å²) in [5, 5.41) is 2.50. The number of rotatable bonds is 3. The minimum atomic E-state index is -0.549. The molecule has 0 aromatic heterocycles. The molecule has 0 unspecified atom stereocenters. The molecule has 0 aliphatic carbocycles. The number of benzene rings is 1. The van der Waals surface area contributed by atoms with Crippen LogP contribution in [0, 0.1) is 13.8 Å². The second kappa shape index (κ2) is 4.84. The first-order chi connectivity index (χ1) is 8.95. The maximum Gasteiger partial charge on any atom is 0.299 e. The van der Waals surface area contributed by atoms with Crippen LogP contribution in [-0.4, -0.2) is 31.2 Å². The third-order valence-electron chi connectivity index (χ3n) is 3.26. The first-order valence-corrected chi connectivity index (χ1v) is 6.13. The zero-order valence-corrected chi connectivity index (χ0v) is 11.2. The van der Waals surface area contributed by atoms with E-state index in [2.05, 4.69) is 5.32 Å². The number of nitrogens with one attached hydrogen (secondary N) is 1. The lowest BCUT2D eigenvalue weighted by Gasteiger charge is -2.16. The molecule has 1 heterocycles. The Bertz CT molecular complexity index is 578. The van der Waals surface area contributed by atoms with E-state index in [1.807, 2.05) is 26.0 Å². The lowest BCUT2D eigenvalue weighted by Crippen LogP contribution is -2.33. The highest BCUT2D eigenvalue weighted by Gasteiger charge is 2.37. The zero-order valence-electron chi connectivity index (χ0n) is 11.2. The van der Waals surface area contributed by atoms with E-state index in [1.54, 1.807) is 7.05 Å². The topological polar surface area (TPSA) is 66.5 Å². The van der Waals surface area contributed by atoms with Gasteiger partial charge in [-0.25, -0.2) is 0 Å². The van der Waals surface area contributed by atoms with Crippen LogP contribution >= 0.6 is 0 Å². The molecule has 2 rings (SSSR count). The van der Waals surface area contributed by atoms with Gasteiger partial charge in [0.15, 0.2) is 0 Å². The smallest absolute Gasteiger partial charge is 0.299 e. The Labute approximate surface area is 111 Å². The lowest BCUT2D eigenvalue weighted by atomic mass is 10.0. The van der Waals surface area contributed by atoms with E-state index in [1.165, 1.54) is 4.90 Å². The van der Waals surface area contributed by atoms with Gasteiger partial charge >= 0.3 is 0 Å². The molecule has 100 valence electrons. The van der Waals surface area contributed by atoms with Crippen LogP contribution in [0.25, 0.3) is 0 Å². The van der Waals surface area contributed by atoms with Crippen LogP contribution in [0.2, 0.25) is 0 Å². The number of hydrogen-bond donors (Lipinski definition) is 1. The molecule has 2 amide bonds. The van der Waals surface area contributed by atoms with Crippen LogP contribution in [0.4, 0.5) is 5.69 Å². The standard InChI is InChI=1S/C14H16N2O3/c1-8-6-9(2)12-10(7-8)16(14(19)13(12)18)5-4-11(17)15-3/h6-7H,4-5H2,1-3H3,(H,15,17). The van der Waals surface area contributed by atoms with Gasteiger partial charge in [-0.05, 0) is 31.0 Å². The minimum absolute atomic E-state index is 0.155. The summed E-state index contributed by atoms with van der Waals surface area (Å²) in [6.07, 6.45) is 0.182. The molecule has 1 aromatic rings. The van der Waals surface area contributed by atoms with E-state index >= 15 is 0 Å². The van der Waals surface area contributed by atoms with Crippen molar-refractivity contribution >= 4 is 23.3 Å². The summed E-state index contributed by atoms with van der Waals surface area (Å²) in [6, 6.07) is 3.70. The first-order valence-electron chi connectivity index (χ1n) is 6.13. The summed E-state index contributed by atoms with van der Waals surface area (Å²) in [4.78, 5) is 36.6. The van der Waals surface area contributed by atoms with E-state index in [4.69, 9.17) is 0 Å². The number of carbonyl (C=O) groups excluding carboxylic acids is 3. The van der Waals surface area contributed by atoms with Crippen molar-refractivity contribution in [2.45, 2.75) is 20.3 Å². The second-order valence-electron chi connectivity index (χ2n) is 4.69. The molecule has 1 N–H and O–H groups in total. The number of Topliss-reactive ketones (excluding diaryl/α,β-unsaturated/α-hetero) is 1. The van der Waals surface area contributed by atoms with E-state index in [0.29, 0.717) is 11.3 Å². The third kappa shape index (κ3) is 2.23. The molecule has 0 atom stereocenters. The molecular weight excluding hydrogens is 244 g/mol. The molecule has 5 nitrogen and oxygen atoms in total. The Balaban J connectivity index is 2.36. The molecule has 0 spiro atoms. The first kappa shape index (κ1) is 13.3. The van der Waals surface area contributed by atoms with Crippen molar-refractivity contribution in [2.75, 3.05) is 18.5 Å². The van der Waals surface area contributed by atoms with Crippen molar-refractivity contribution in [1.29, 1.82) is 0 Å². The number of anilines is 1. The average Bonchev–Trinajstić information content (AvgIpc) is 2.59. The number of amides is 2. The van der Waals surface area contributed by atoms with Gasteiger partial charge in [-0.3, -0.25) is 14.4 Å². The van der Waals surface area contributed by atoms with Crippen LogP contribution in [0.1, 0.15) is 27.9 Å². The Hall–Kier alpha value is -2.17. The molecule has 0 fully saturated rings. The van der Waals surface area contributed by atoms with Gasteiger partial charge in [0.2, 0.25) is 5.91 Å². The van der Waals surface area contributed by atoms with Crippen LogP contribution < -0.4 is 10.2 Å². The number of carbonyl (C=O) groups is 3. The maximum atomic E-state index is 12.0. The summed E-state index contributed by atoms with van der Waals surface area (Å²) in [5.74, 6) is -1.19. The second-order valence-corrected chi connectivity index (χ2v) is 4.69. The molecule has 0 saturated carbocycles.